The molecule has 3 aromatic carbocycles. The monoisotopic (exact) mass is 508 g/mol. The molecule has 0 aromatic heterocycles. The summed E-state index contributed by atoms with van der Waals surface area (Å²) in [5, 5.41) is 9.36. The Kier molecular flexibility index (Phi) is 11.4. The van der Waals surface area contributed by atoms with Crippen LogP contribution in [-0.4, -0.2) is 38.1 Å². The first-order valence-electron chi connectivity index (χ1n) is 12.9. The topological polar surface area (TPSA) is 65.0 Å². The number of unbranched alkanes of at least 4 members (excludes halogenated alkanes) is 4. The number of benzene rings is 3. The second-order valence-electron chi connectivity index (χ2n) is 9.09. The Hall–Kier alpha value is -3.38. The van der Waals surface area contributed by atoms with E-state index >= 15 is 0 Å². The molecule has 1 N–H and O–H groups in total. The third kappa shape index (κ3) is 8.32. The first-order chi connectivity index (χ1) is 18.1. The molecular weight excluding hydrogens is 471 g/mol. The molecule has 0 aliphatic carbocycles. The number of alkyl halides is 1. The number of aryl methyl sites for hydroxylation is 1. The van der Waals surface area contributed by atoms with Gasteiger partial charge in [-0.1, -0.05) is 86.3 Å². The predicted octanol–water partition coefficient (Wildman–Crippen LogP) is 6.86. The van der Waals surface area contributed by atoms with Gasteiger partial charge in [0.25, 0.3) is 0 Å². The van der Waals surface area contributed by atoms with Gasteiger partial charge in [0.1, 0.15) is 23.7 Å². The van der Waals surface area contributed by atoms with E-state index in [1.54, 1.807) is 13.2 Å². The van der Waals surface area contributed by atoms with Crippen molar-refractivity contribution in [2.75, 3.05) is 20.9 Å². The minimum Gasteiger partial charge on any atom is -0.497 e. The van der Waals surface area contributed by atoms with Gasteiger partial charge >= 0.3 is 5.97 Å². The molecule has 0 amide bonds. The van der Waals surface area contributed by atoms with Gasteiger partial charge < -0.3 is 19.3 Å². The predicted molar refractivity (Wildman–Crippen MR) is 143 cm³/mol. The maximum atomic E-state index is 13.7. The van der Waals surface area contributed by atoms with Crippen LogP contribution < -0.4 is 9.47 Å². The lowest BCUT2D eigenvalue weighted by Crippen LogP contribution is -2.16. The molecule has 0 heterocycles. The van der Waals surface area contributed by atoms with Gasteiger partial charge in [-0.3, -0.25) is 0 Å². The van der Waals surface area contributed by atoms with Gasteiger partial charge in [-0.25, -0.2) is 9.18 Å². The summed E-state index contributed by atoms with van der Waals surface area (Å²) in [5.74, 6) is 0.582. The van der Waals surface area contributed by atoms with Crippen molar-refractivity contribution in [1.82, 2.24) is 0 Å². The van der Waals surface area contributed by atoms with Crippen LogP contribution in [0.3, 0.4) is 0 Å². The van der Waals surface area contributed by atoms with Crippen LogP contribution in [0, 0.1) is 0 Å². The van der Waals surface area contributed by atoms with Gasteiger partial charge in [0.05, 0.1) is 20.3 Å². The summed E-state index contributed by atoms with van der Waals surface area (Å²) < 4.78 is 29.6. The Morgan fingerprint density at radius 2 is 1.43 bits per heavy atom. The summed E-state index contributed by atoms with van der Waals surface area (Å²) in [6, 6.07) is 22.9. The molecule has 3 rings (SSSR count). The fraction of sp³-hybridized carbons (Fsp3) is 0.387. The van der Waals surface area contributed by atoms with Crippen LogP contribution in [0.25, 0.3) is 0 Å². The summed E-state index contributed by atoms with van der Waals surface area (Å²) in [7, 11) is 3.12. The van der Waals surface area contributed by atoms with Crippen molar-refractivity contribution in [3.05, 3.63) is 95.1 Å². The third-order valence-electron chi connectivity index (χ3n) is 6.41. The van der Waals surface area contributed by atoms with Crippen LogP contribution in [0.5, 0.6) is 11.5 Å². The molecule has 1 atom stereocenters. The second kappa shape index (κ2) is 15.0. The minimum absolute atomic E-state index is 0.409. The van der Waals surface area contributed by atoms with Gasteiger partial charge in [-0.2, -0.15) is 0 Å². The van der Waals surface area contributed by atoms with Gasteiger partial charge in [0.15, 0.2) is 6.10 Å². The molecule has 0 spiro atoms. The zero-order valence-corrected chi connectivity index (χ0v) is 21.7. The van der Waals surface area contributed by atoms with E-state index in [4.69, 9.17) is 14.2 Å². The lowest BCUT2D eigenvalue weighted by Gasteiger charge is -2.21. The van der Waals surface area contributed by atoms with E-state index in [-0.39, 0.29) is 0 Å². The van der Waals surface area contributed by atoms with E-state index < -0.39 is 24.9 Å². The van der Waals surface area contributed by atoms with E-state index in [0.717, 1.165) is 48.8 Å². The van der Waals surface area contributed by atoms with E-state index in [9.17, 15) is 14.3 Å². The molecule has 198 valence electrons. The maximum absolute atomic E-state index is 13.7. The summed E-state index contributed by atoms with van der Waals surface area (Å²) >= 11 is 0. The Labute approximate surface area is 219 Å². The lowest BCUT2D eigenvalue weighted by molar-refractivity contribution is 0.0373. The Morgan fingerprint density at radius 1 is 0.838 bits per heavy atom. The molecule has 1 unspecified atom stereocenters. The summed E-state index contributed by atoms with van der Waals surface area (Å²) in [4.78, 5) is 13.7. The highest BCUT2D eigenvalue weighted by atomic mass is 19.1. The molecule has 0 saturated carbocycles. The summed E-state index contributed by atoms with van der Waals surface area (Å²) in [5.41, 5.74) is 2.99. The Balaban J connectivity index is 1.78. The first kappa shape index (κ1) is 28.2. The number of halogens is 1. The molecule has 0 fully saturated rings. The number of aliphatic hydroxyl groups is 1. The molecule has 0 radical (unpaired) electrons. The highest BCUT2D eigenvalue weighted by Crippen LogP contribution is 2.34. The number of aliphatic hydroxyl groups excluding tert-OH is 1. The standard InChI is InChI=1S/C31H37FO5/c1-35-27-20-25(18-8-4-3-5-13-19-26(33)22-32)29(28(21-27)36-2)31(34)37-30(23-14-9-6-10-15-23)24-16-11-7-12-17-24/h6-7,9-12,14-17,20-21,26,30,33H,3-5,8,13,18-19,22H2,1-2H3. The zero-order chi connectivity index (χ0) is 26.5. The average Bonchev–Trinajstić information content (AvgIpc) is 2.95. The Morgan fingerprint density at radius 3 is 2.00 bits per heavy atom. The highest BCUT2D eigenvalue weighted by molar-refractivity contribution is 5.95. The molecular formula is C31H37FO5. The molecule has 0 bridgehead atoms. The number of hydrogen-bond acceptors (Lipinski definition) is 5. The number of methoxy groups -OCH3 is 2. The fourth-order valence-electron chi connectivity index (χ4n) is 4.41. The molecule has 0 saturated heterocycles. The zero-order valence-electron chi connectivity index (χ0n) is 21.7. The maximum Gasteiger partial charge on any atom is 0.343 e. The lowest BCUT2D eigenvalue weighted by atomic mass is 9.98. The fourth-order valence-corrected chi connectivity index (χ4v) is 4.41. The SMILES string of the molecule is COc1cc(CCCCCCCC(O)CF)c(C(=O)OC(c2ccccc2)c2ccccc2)c(OC)c1. The van der Waals surface area contributed by atoms with Gasteiger partial charge in [-0.05, 0) is 42.0 Å². The summed E-state index contributed by atoms with van der Waals surface area (Å²) in [6.07, 6.45) is 4.27. The van der Waals surface area contributed by atoms with Crippen LogP contribution >= 0.6 is 0 Å². The van der Waals surface area contributed by atoms with E-state index in [0.29, 0.717) is 29.9 Å². The molecule has 0 aliphatic rings. The third-order valence-corrected chi connectivity index (χ3v) is 6.41. The van der Waals surface area contributed by atoms with Gasteiger partial charge in [-0.15, -0.1) is 0 Å². The number of carbonyl (C=O) groups excluding carboxylic acids is 1. The minimum atomic E-state index is -0.853. The van der Waals surface area contributed by atoms with Crippen LogP contribution in [0.1, 0.15) is 71.7 Å². The van der Waals surface area contributed by atoms with Crippen molar-refractivity contribution in [3.63, 3.8) is 0 Å². The molecule has 5 nitrogen and oxygen atoms in total. The quantitative estimate of drug-likeness (QED) is 0.179. The molecule has 37 heavy (non-hydrogen) atoms. The van der Waals surface area contributed by atoms with Crippen molar-refractivity contribution < 1.29 is 28.5 Å². The first-order valence-corrected chi connectivity index (χ1v) is 12.9. The molecule has 6 heteroatoms. The number of ether oxygens (including phenoxy) is 3. The van der Waals surface area contributed by atoms with Crippen molar-refractivity contribution >= 4 is 5.97 Å². The largest absolute Gasteiger partial charge is 0.497 e. The van der Waals surface area contributed by atoms with Crippen LogP contribution in [0.4, 0.5) is 4.39 Å². The second-order valence-corrected chi connectivity index (χ2v) is 9.09. The van der Waals surface area contributed by atoms with Crippen LogP contribution in [0.2, 0.25) is 0 Å². The van der Waals surface area contributed by atoms with Crippen molar-refractivity contribution in [2.45, 2.75) is 57.2 Å². The van der Waals surface area contributed by atoms with Crippen LogP contribution in [0.15, 0.2) is 72.8 Å². The highest BCUT2D eigenvalue weighted by Gasteiger charge is 2.25. The number of rotatable bonds is 15. The van der Waals surface area contributed by atoms with Crippen LogP contribution in [-0.2, 0) is 11.2 Å². The average molecular weight is 509 g/mol. The number of esters is 1. The molecule has 3 aromatic rings. The van der Waals surface area contributed by atoms with E-state index in [1.165, 1.54) is 7.11 Å². The Bertz CT molecular complexity index is 1050. The number of hydrogen-bond donors (Lipinski definition) is 1. The number of carbonyl (C=O) groups is 1. The normalized spacial score (nSPS) is 11.8. The van der Waals surface area contributed by atoms with Gasteiger partial charge in [0.2, 0.25) is 0 Å². The summed E-state index contributed by atoms with van der Waals surface area (Å²) in [6.45, 7) is -0.689. The smallest absolute Gasteiger partial charge is 0.343 e. The molecule has 0 aliphatic heterocycles. The van der Waals surface area contributed by atoms with E-state index in [2.05, 4.69) is 0 Å². The van der Waals surface area contributed by atoms with Crippen molar-refractivity contribution in [3.8, 4) is 11.5 Å². The van der Waals surface area contributed by atoms with Gasteiger partial charge in [0, 0.05) is 6.07 Å². The van der Waals surface area contributed by atoms with E-state index in [1.807, 2.05) is 66.7 Å². The van der Waals surface area contributed by atoms with Crippen molar-refractivity contribution in [2.24, 2.45) is 0 Å². The van der Waals surface area contributed by atoms with Crippen molar-refractivity contribution in [1.29, 1.82) is 0 Å².